The van der Waals surface area contributed by atoms with Gasteiger partial charge in [0.1, 0.15) is 5.82 Å². The number of hydrogen-bond donors (Lipinski definition) is 1. The van der Waals surface area contributed by atoms with Gasteiger partial charge in [0.25, 0.3) is 0 Å². The predicted molar refractivity (Wildman–Crippen MR) is 70.4 cm³/mol. The second-order valence-corrected chi connectivity index (χ2v) is 4.91. The van der Waals surface area contributed by atoms with Crippen molar-refractivity contribution in [2.24, 2.45) is 0 Å². The molecular formula is C14H13ClN2O. The zero-order chi connectivity index (χ0) is 12.5. The smallest absolute Gasteiger partial charge is 0.131 e. The SMILES string of the molecule is OCc1nc(C2CC2)ncc1-c1ccccc1Cl. The summed E-state index contributed by atoms with van der Waals surface area (Å²) in [6.45, 7) is -0.0944. The van der Waals surface area contributed by atoms with Crippen LogP contribution in [-0.2, 0) is 6.61 Å². The van der Waals surface area contributed by atoms with Crippen LogP contribution in [0.1, 0.15) is 30.3 Å². The van der Waals surface area contributed by atoms with Crippen molar-refractivity contribution in [3.8, 4) is 11.1 Å². The first kappa shape index (κ1) is 11.6. The van der Waals surface area contributed by atoms with Gasteiger partial charge in [-0.1, -0.05) is 29.8 Å². The molecule has 0 bridgehead atoms. The topological polar surface area (TPSA) is 46.0 Å². The van der Waals surface area contributed by atoms with Gasteiger partial charge in [-0.3, -0.25) is 0 Å². The first-order chi connectivity index (χ1) is 8.79. The summed E-state index contributed by atoms with van der Waals surface area (Å²) in [4.78, 5) is 8.84. The second-order valence-electron chi connectivity index (χ2n) is 4.50. The van der Waals surface area contributed by atoms with Gasteiger partial charge in [-0.2, -0.15) is 0 Å². The maximum absolute atomic E-state index is 9.46. The Morgan fingerprint density at radius 2 is 2.00 bits per heavy atom. The maximum Gasteiger partial charge on any atom is 0.131 e. The molecule has 18 heavy (non-hydrogen) atoms. The number of rotatable bonds is 3. The fraction of sp³-hybridized carbons (Fsp3) is 0.286. The first-order valence-corrected chi connectivity index (χ1v) is 6.39. The van der Waals surface area contributed by atoms with Gasteiger partial charge >= 0.3 is 0 Å². The minimum atomic E-state index is -0.0944. The Bertz CT molecular complexity index is 582. The van der Waals surface area contributed by atoms with Gasteiger partial charge < -0.3 is 5.11 Å². The summed E-state index contributed by atoms with van der Waals surface area (Å²) in [5.74, 6) is 1.32. The Morgan fingerprint density at radius 1 is 1.22 bits per heavy atom. The van der Waals surface area contributed by atoms with E-state index in [1.165, 1.54) is 0 Å². The van der Waals surface area contributed by atoms with Crippen LogP contribution >= 0.6 is 11.6 Å². The first-order valence-electron chi connectivity index (χ1n) is 6.01. The van der Waals surface area contributed by atoms with Crippen molar-refractivity contribution in [2.75, 3.05) is 0 Å². The lowest BCUT2D eigenvalue weighted by molar-refractivity contribution is 0.277. The van der Waals surface area contributed by atoms with E-state index >= 15 is 0 Å². The molecule has 1 aromatic heterocycles. The van der Waals surface area contributed by atoms with Crippen molar-refractivity contribution >= 4 is 11.6 Å². The number of benzene rings is 1. The van der Waals surface area contributed by atoms with Crippen LogP contribution < -0.4 is 0 Å². The van der Waals surface area contributed by atoms with E-state index in [0.29, 0.717) is 16.6 Å². The van der Waals surface area contributed by atoms with E-state index in [-0.39, 0.29) is 6.61 Å². The summed E-state index contributed by atoms with van der Waals surface area (Å²) >= 11 is 6.17. The molecule has 1 aliphatic rings. The molecule has 3 rings (SSSR count). The molecule has 1 saturated carbocycles. The molecule has 1 aromatic carbocycles. The molecule has 0 atom stereocenters. The van der Waals surface area contributed by atoms with E-state index in [1.807, 2.05) is 24.3 Å². The van der Waals surface area contributed by atoms with Crippen LogP contribution in [0.5, 0.6) is 0 Å². The number of aliphatic hydroxyl groups is 1. The lowest BCUT2D eigenvalue weighted by Crippen LogP contribution is -2.01. The van der Waals surface area contributed by atoms with E-state index in [4.69, 9.17) is 11.6 Å². The van der Waals surface area contributed by atoms with Gasteiger partial charge in [-0.05, 0) is 18.9 Å². The molecular weight excluding hydrogens is 248 g/mol. The van der Waals surface area contributed by atoms with Crippen LogP contribution in [0.25, 0.3) is 11.1 Å². The summed E-state index contributed by atoms with van der Waals surface area (Å²) in [5, 5.41) is 10.1. The molecule has 1 heterocycles. The highest BCUT2D eigenvalue weighted by atomic mass is 35.5. The van der Waals surface area contributed by atoms with E-state index in [2.05, 4.69) is 9.97 Å². The Kier molecular flexibility index (Phi) is 3.02. The average molecular weight is 261 g/mol. The van der Waals surface area contributed by atoms with Crippen molar-refractivity contribution in [3.63, 3.8) is 0 Å². The van der Waals surface area contributed by atoms with Crippen LogP contribution in [-0.4, -0.2) is 15.1 Å². The van der Waals surface area contributed by atoms with Gasteiger partial charge in [0, 0.05) is 28.3 Å². The zero-order valence-electron chi connectivity index (χ0n) is 9.81. The number of hydrogen-bond acceptors (Lipinski definition) is 3. The summed E-state index contributed by atoms with van der Waals surface area (Å²) < 4.78 is 0. The Labute approximate surface area is 110 Å². The molecule has 1 N–H and O–H groups in total. The van der Waals surface area contributed by atoms with Crippen LogP contribution in [0.3, 0.4) is 0 Å². The van der Waals surface area contributed by atoms with E-state index in [9.17, 15) is 5.11 Å². The summed E-state index contributed by atoms with van der Waals surface area (Å²) in [6.07, 6.45) is 4.07. The fourth-order valence-electron chi connectivity index (χ4n) is 2.00. The molecule has 3 nitrogen and oxygen atoms in total. The number of nitrogens with zero attached hydrogens (tertiary/aromatic N) is 2. The molecule has 92 valence electrons. The number of halogens is 1. The molecule has 0 aliphatic heterocycles. The molecule has 2 aromatic rings. The van der Waals surface area contributed by atoms with Crippen LogP contribution in [0.15, 0.2) is 30.5 Å². The number of aliphatic hydroxyl groups excluding tert-OH is 1. The predicted octanol–water partition coefficient (Wildman–Crippen LogP) is 3.17. The summed E-state index contributed by atoms with van der Waals surface area (Å²) in [6, 6.07) is 7.53. The molecule has 0 saturated heterocycles. The van der Waals surface area contributed by atoms with Gasteiger partial charge in [0.05, 0.1) is 12.3 Å². The Balaban J connectivity index is 2.08. The molecule has 0 spiro atoms. The van der Waals surface area contributed by atoms with Crippen molar-refractivity contribution < 1.29 is 5.11 Å². The van der Waals surface area contributed by atoms with Gasteiger partial charge in [-0.25, -0.2) is 9.97 Å². The van der Waals surface area contributed by atoms with E-state index in [1.54, 1.807) is 6.20 Å². The van der Waals surface area contributed by atoms with Crippen LogP contribution in [0, 0.1) is 0 Å². The van der Waals surface area contributed by atoms with E-state index < -0.39 is 0 Å². The molecule has 0 radical (unpaired) electrons. The fourth-order valence-corrected chi connectivity index (χ4v) is 2.23. The third-order valence-corrected chi connectivity index (χ3v) is 3.47. The third-order valence-electron chi connectivity index (χ3n) is 3.14. The minimum absolute atomic E-state index is 0.0944. The van der Waals surface area contributed by atoms with Crippen LogP contribution in [0.2, 0.25) is 5.02 Å². The molecule has 1 fully saturated rings. The summed E-state index contributed by atoms with van der Waals surface area (Å²) in [5.41, 5.74) is 2.33. The second kappa shape index (κ2) is 4.67. The van der Waals surface area contributed by atoms with Crippen molar-refractivity contribution in [1.29, 1.82) is 0 Å². The third kappa shape index (κ3) is 2.11. The maximum atomic E-state index is 9.46. The quantitative estimate of drug-likeness (QED) is 0.922. The Hall–Kier alpha value is -1.45. The molecule has 4 heteroatoms. The largest absolute Gasteiger partial charge is 0.390 e. The Morgan fingerprint density at radius 3 is 2.67 bits per heavy atom. The normalized spacial score (nSPS) is 14.8. The highest BCUT2D eigenvalue weighted by molar-refractivity contribution is 6.33. The van der Waals surface area contributed by atoms with Gasteiger partial charge in [0.2, 0.25) is 0 Å². The standard InChI is InChI=1S/C14H13ClN2O/c15-12-4-2-1-3-10(12)11-7-16-14(9-5-6-9)17-13(11)8-18/h1-4,7,9,18H,5-6,8H2. The van der Waals surface area contributed by atoms with Gasteiger partial charge in [-0.15, -0.1) is 0 Å². The van der Waals surface area contributed by atoms with Crippen LogP contribution in [0.4, 0.5) is 0 Å². The number of aromatic nitrogens is 2. The van der Waals surface area contributed by atoms with E-state index in [0.717, 1.165) is 29.8 Å². The van der Waals surface area contributed by atoms with Crippen molar-refractivity contribution in [2.45, 2.75) is 25.4 Å². The molecule has 1 aliphatic carbocycles. The summed E-state index contributed by atoms with van der Waals surface area (Å²) in [7, 11) is 0. The molecule has 0 unspecified atom stereocenters. The lowest BCUT2D eigenvalue weighted by atomic mass is 10.1. The average Bonchev–Trinajstić information content (AvgIpc) is 3.23. The van der Waals surface area contributed by atoms with Crippen molar-refractivity contribution in [1.82, 2.24) is 9.97 Å². The monoisotopic (exact) mass is 260 g/mol. The lowest BCUT2D eigenvalue weighted by Gasteiger charge is -2.09. The highest BCUT2D eigenvalue weighted by Crippen LogP contribution is 2.39. The van der Waals surface area contributed by atoms with Crippen molar-refractivity contribution in [3.05, 3.63) is 47.0 Å². The highest BCUT2D eigenvalue weighted by Gasteiger charge is 2.27. The van der Waals surface area contributed by atoms with Gasteiger partial charge in [0.15, 0.2) is 0 Å². The minimum Gasteiger partial charge on any atom is -0.390 e. The molecule has 0 amide bonds. The zero-order valence-corrected chi connectivity index (χ0v) is 10.6.